The highest BCUT2D eigenvalue weighted by Gasteiger charge is 2.36. The molecule has 0 amide bonds. The zero-order valence-corrected chi connectivity index (χ0v) is 14.5. The van der Waals surface area contributed by atoms with E-state index in [1.165, 1.54) is 18.2 Å². The second-order valence-electron chi connectivity index (χ2n) is 6.07. The van der Waals surface area contributed by atoms with E-state index < -0.39 is 17.8 Å². The van der Waals surface area contributed by atoms with Crippen LogP contribution in [0.1, 0.15) is 21.6 Å². The minimum Gasteiger partial charge on any atom is -0.454 e. The fourth-order valence-corrected chi connectivity index (χ4v) is 2.70. The Hall–Kier alpha value is -3.49. The third-order valence-corrected chi connectivity index (χ3v) is 4.02. The molecular weight excluding hydrogens is 377 g/mol. The number of benzene rings is 2. The maximum absolute atomic E-state index is 13.1. The normalized spacial score (nSPS) is 12.9. The van der Waals surface area contributed by atoms with Gasteiger partial charge in [-0.25, -0.2) is 9.48 Å². The Morgan fingerprint density at radius 1 is 1.11 bits per heavy atom. The average molecular weight is 390 g/mol. The molecule has 2 aromatic carbocycles. The van der Waals surface area contributed by atoms with Crippen molar-refractivity contribution < 1.29 is 32.2 Å². The molecule has 0 saturated carbocycles. The minimum absolute atomic E-state index is 0.0307. The van der Waals surface area contributed by atoms with E-state index in [1.807, 2.05) is 0 Å². The Bertz CT molecular complexity index is 1060. The number of aromatic nitrogens is 2. The Morgan fingerprint density at radius 2 is 1.89 bits per heavy atom. The van der Waals surface area contributed by atoms with Crippen LogP contribution in [-0.2, 0) is 6.18 Å². The van der Waals surface area contributed by atoms with Crippen molar-refractivity contribution in [1.82, 2.24) is 9.78 Å². The average Bonchev–Trinajstić information content (AvgIpc) is 3.27. The maximum Gasteiger partial charge on any atom is 0.435 e. The van der Waals surface area contributed by atoms with Gasteiger partial charge in [-0.05, 0) is 42.8 Å². The highest BCUT2D eigenvalue weighted by molar-refractivity contribution is 5.91. The molecular formula is C19H13F3N2O4. The number of halogens is 3. The molecule has 1 aliphatic rings. The highest BCUT2D eigenvalue weighted by Crippen LogP contribution is 2.34. The Morgan fingerprint density at radius 3 is 2.64 bits per heavy atom. The van der Waals surface area contributed by atoms with Crippen molar-refractivity contribution in [2.24, 2.45) is 0 Å². The van der Waals surface area contributed by atoms with Gasteiger partial charge >= 0.3 is 12.1 Å². The summed E-state index contributed by atoms with van der Waals surface area (Å²) in [4.78, 5) is 12.5. The first-order valence-electron chi connectivity index (χ1n) is 8.17. The van der Waals surface area contributed by atoms with Crippen LogP contribution in [0.4, 0.5) is 13.2 Å². The molecule has 0 atom stereocenters. The zero-order chi connectivity index (χ0) is 19.9. The predicted molar refractivity (Wildman–Crippen MR) is 90.8 cm³/mol. The van der Waals surface area contributed by atoms with Gasteiger partial charge in [-0.15, -0.1) is 0 Å². The fourth-order valence-electron chi connectivity index (χ4n) is 2.70. The lowest BCUT2D eigenvalue weighted by Gasteiger charge is -2.09. The molecule has 0 spiro atoms. The van der Waals surface area contributed by atoms with Gasteiger partial charge in [-0.2, -0.15) is 18.3 Å². The van der Waals surface area contributed by atoms with Crippen LogP contribution in [-0.4, -0.2) is 22.5 Å². The number of ether oxygens (including phenoxy) is 3. The number of nitrogens with zero attached hydrogens (tertiary/aromatic N) is 2. The van der Waals surface area contributed by atoms with Gasteiger partial charge in [0.2, 0.25) is 12.7 Å². The molecule has 28 heavy (non-hydrogen) atoms. The zero-order valence-electron chi connectivity index (χ0n) is 14.5. The van der Waals surface area contributed by atoms with Crippen LogP contribution in [0, 0.1) is 6.92 Å². The Labute approximate surface area is 157 Å². The Kier molecular flexibility index (Phi) is 4.21. The van der Waals surface area contributed by atoms with E-state index in [0.29, 0.717) is 23.3 Å². The molecule has 0 N–H and O–H groups in total. The molecule has 0 radical (unpaired) electrons. The summed E-state index contributed by atoms with van der Waals surface area (Å²) in [6.45, 7) is 1.82. The largest absolute Gasteiger partial charge is 0.454 e. The van der Waals surface area contributed by atoms with Crippen molar-refractivity contribution in [3.63, 3.8) is 0 Å². The molecule has 1 aromatic heterocycles. The van der Waals surface area contributed by atoms with Crippen LogP contribution in [0.2, 0.25) is 0 Å². The molecule has 0 saturated heterocycles. The van der Waals surface area contributed by atoms with Gasteiger partial charge in [0.1, 0.15) is 0 Å². The fraction of sp³-hybridized carbons (Fsp3) is 0.158. The van der Waals surface area contributed by atoms with E-state index in [4.69, 9.17) is 14.2 Å². The second-order valence-corrected chi connectivity index (χ2v) is 6.07. The lowest BCUT2D eigenvalue weighted by molar-refractivity contribution is -0.141. The lowest BCUT2D eigenvalue weighted by atomic mass is 10.2. The topological polar surface area (TPSA) is 62.6 Å². The summed E-state index contributed by atoms with van der Waals surface area (Å²) in [6.07, 6.45) is -4.69. The van der Waals surface area contributed by atoms with Gasteiger partial charge in [-0.1, -0.05) is 12.1 Å². The molecule has 4 rings (SSSR count). The minimum atomic E-state index is -4.69. The summed E-state index contributed by atoms with van der Waals surface area (Å²) < 4.78 is 56.0. The number of esters is 1. The van der Waals surface area contributed by atoms with Crippen molar-refractivity contribution in [2.45, 2.75) is 13.1 Å². The summed E-state index contributed by atoms with van der Waals surface area (Å²) in [5, 5.41) is 3.57. The third-order valence-electron chi connectivity index (χ3n) is 4.02. The molecule has 0 unspecified atom stereocenters. The Balaban J connectivity index is 1.70. The highest BCUT2D eigenvalue weighted by atomic mass is 19.4. The number of aryl methyl sites for hydroxylation is 1. The van der Waals surface area contributed by atoms with Gasteiger partial charge in [-0.3, -0.25) is 0 Å². The number of fused-ring (bicyclic) bond motifs is 1. The van der Waals surface area contributed by atoms with Gasteiger partial charge in [0, 0.05) is 6.07 Å². The summed E-state index contributed by atoms with van der Waals surface area (Å²) in [5.74, 6) is -0.361. The number of carbonyl (C=O) groups is 1. The van der Waals surface area contributed by atoms with E-state index >= 15 is 0 Å². The van der Waals surface area contributed by atoms with Gasteiger partial charge < -0.3 is 14.2 Å². The first-order valence-corrected chi connectivity index (χ1v) is 8.17. The SMILES string of the molecule is Cc1cccc(-n2nc(C(F)(F)F)cc2OC(=O)c2ccc3c(c2)OCO3)c1. The number of hydrogen-bond acceptors (Lipinski definition) is 5. The third kappa shape index (κ3) is 3.38. The van der Waals surface area contributed by atoms with Crippen LogP contribution in [0.25, 0.3) is 5.69 Å². The molecule has 6 nitrogen and oxygen atoms in total. The molecule has 3 aromatic rings. The summed E-state index contributed by atoms with van der Waals surface area (Å²) in [5.41, 5.74) is 0.0934. The molecule has 0 aliphatic carbocycles. The van der Waals surface area contributed by atoms with Crippen LogP contribution >= 0.6 is 0 Å². The molecule has 1 aliphatic heterocycles. The quantitative estimate of drug-likeness (QED) is 0.629. The van der Waals surface area contributed by atoms with E-state index in [1.54, 1.807) is 31.2 Å². The number of hydrogen-bond donors (Lipinski definition) is 0. The van der Waals surface area contributed by atoms with Crippen molar-refractivity contribution >= 4 is 5.97 Å². The van der Waals surface area contributed by atoms with Gasteiger partial charge in [0.15, 0.2) is 17.2 Å². The second kappa shape index (κ2) is 6.59. The van der Waals surface area contributed by atoms with Crippen LogP contribution in [0.3, 0.4) is 0 Å². The van der Waals surface area contributed by atoms with E-state index in [-0.39, 0.29) is 18.2 Å². The molecule has 0 bridgehead atoms. The van der Waals surface area contributed by atoms with Gasteiger partial charge in [0.05, 0.1) is 11.3 Å². The molecule has 144 valence electrons. The van der Waals surface area contributed by atoms with E-state index in [2.05, 4.69) is 5.10 Å². The van der Waals surface area contributed by atoms with Crippen molar-refractivity contribution in [2.75, 3.05) is 6.79 Å². The smallest absolute Gasteiger partial charge is 0.435 e. The molecule has 2 heterocycles. The van der Waals surface area contributed by atoms with Crippen molar-refractivity contribution in [3.05, 3.63) is 65.4 Å². The number of rotatable bonds is 3. The van der Waals surface area contributed by atoms with Crippen LogP contribution in [0.15, 0.2) is 48.5 Å². The number of carbonyl (C=O) groups excluding carboxylic acids is 1. The van der Waals surface area contributed by atoms with E-state index in [0.717, 1.165) is 10.2 Å². The maximum atomic E-state index is 13.1. The van der Waals surface area contributed by atoms with Crippen molar-refractivity contribution in [1.29, 1.82) is 0 Å². The lowest BCUT2D eigenvalue weighted by Crippen LogP contribution is -2.12. The standard InChI is InChI=1S/C19H13F3N2O4/c1-11-3-2-4-13(7-11)24-17(9-16(23-24)19(20,21)22)28-18(25)12-5-6-14-15(8-12)27-10-26-14/h2-9H,10H2,1H3. The van der Waals surface area contributed by atoms with Crippen LogP contribution < -0.4 is 14.2 Å². The van der Waals surface area contributed by atoms with Crippen LogP contribution in [0.5, 0.6) is 17.4 Å². The first-order chi connectivity index (χ1) is 13.3. The van der Waals surface area contributed by atoms with Gasteiger partial charge in [0.25, 0.3) is 0 Å². The number of alkyl halides is 3. The van der Waals surface area contributed by atoms with E-state index in [9.17, 15) is 18.0 Å². The molecule has 9 heteroatoms. The summed E-state index contributed by atoms with van der Waals surface area (Å²) in [7, 11) is 0. The predicted octanol–water partition coefficient (Wildman–Crippen LogP) is 4.15. The summed E-state index contributed by atoms with van der Waals surface area (Å²) in [6, 6.07) is 11.7. The summed E-state index contributed by atoms with van der Waals surface area (Å²) >= 11 is 0. The molecule has 0 fully saturated rings. The monoisotopic (exact) mass is 390 g/mol. The van der Waals surface area contributed by atoms with Crippen molar-refractivity contribution in [3.8, 4) is 23.1 Å². The first kappa shape index (κ1) is 17.9.